The number of alkyl halides is 4. The van der Waals surface area contributed by atoms with Crippen LogP contribution in [0.4, 0.5) is 0 Å². The van der Waals surface area contributed by atoms with E-state index < -0.39 is 11.9 Å². The molecule has 13 heteroatoms. The van der Waals surface area contributed by atoms with Crippen molar-refractivity contribution in [2.24, 2.45) is 0 Å². The minimum Gasteiger partial charge on any atom is -0.393 e. The lowest BCUT2D eigenvalue weighted by atomic mass is 10.3. The smallest absolute Gasteiger partial charge is 0.313 e. The fourth-order valence-electron chi connectivity index (χ4n) is 2.57. The summed E-state index contributed by atoms with van der Waals surface area (Å²) in [7, 11) is 0. The molecule has 0 spiro atoms. The summed E-state index contributed by atoms with van der Waals surface area (Å²) in [6.45, 7) is 1.06. The zero-order valence-electron chi connectivity index (χ0n) is 15.5. The summed E-state index contributed by atoms with van der Waals surface area (Å²) in [5, 5.41) is 18.8. The van der Waals surface area contributed by atoms with Crippen LogP contribution in [0.25, 0.3) is 0 Å². The molecule has 0 amide bonds. The molecule has 0 aromatic carbocycles. The first kappa shape index (κ1) is 24.6. The Hall–Kier alpha value is -0.660. The fourth-order valence-corrected chi connectivity index (χ4v) is 4.67. The van der Waals surface area contributed by atoms with Crippen molar-refractivity contribution in [3.8, 4) is 0 Å². The van der Waals surface area contributed by atoms with E-state index in [-0.39, 0.29) is 12.8 Å². The van der Waals surface area contributed by atoms with Crippen LogP contribution in [0.15, 0.2) is 0 Å². The minimum absolute atomic E-state index is 0.141. The number of carbonyl (C=O) groups is 2. The third kappa shape index (κ3) is 7.21. The summed E-state index contributed by atoms with van der Waals surface area (Å²) in [5.41, 5.74) is 3.65. The van der Waals surface area contributed by atoms with Gasteiger partial charge in [0.15, 0.2) is 0 Å². The van der Waals surface area contributed by atoms with Crippen LogP contribution in [-0.2, 0) is 48.7 Å². The molecule has 0 bridgehead atoms. The highest BCUT2D eigenvalue weighted by molar-refractivity contribution is 9.09. The lowest BCUT2D eigenvalue weighted by Gasteiger charge is -2.06. The molecule has 0 fully saturated rings. The first-order valence-corrected chi connectivity index (χ1v) is 13.3. The maximum Gasteiger partial charge on any atom is 0.313 e. The summed E-state index contributed by atoms with van der Waals surface area (Å²) in [6.07, 6.45) is 1.31. The molecule has 0 aliphatic heterocycles. The van der Waals surface area contributed by atoms with Crippen molar-refractivity contribution < 1.29 is 14.3 Å². The van der Waals surface area contributed by atoms with E-state index in [1.54, 1.807) is 9.36 Å². The van der Waals surface area contributed by atoms with Crippen molar-refractivity contribution in [3.63, 3.8) is 0 Å². The summed E-state index contributed by atoms with van der Waals surface area (Å²) < 4.78 is 8.39. The molecule has 0 aliphatic carbocycles. The Bertz CT molecular complexity index is 759. The van der Waals surface area contributed by atoms with E-state index in [0.29, 0.717) is 47.3 Å². The Balaban J connectivity index is 1.69. The molecule has 0 radical (unpaired) electrons. The van der Waals surface area contributed by atoms with Gasteiger partial charge in [-0.2, -0.15) is 0 Å². The van der Waals surface area contributed by atoms with Crippen LogP contribution in [-0.4, -0.2) is 41.9 Å². The Morgan fingerprint density at radius 1 is 0.724 bits per heavy atom. The average Bonchev–Trinajstić information content (AvgIpc) is 3.30. The Kier molecular flexibility index (Phi) is 10.9. The van der Waals surface area contributed by atoms with E-state index in [1.165, 1.54) is 0 Å². The monoisotopic (exact) mass is 660 g/mol. The molecule has 0 unspecified atom stereocenters. The molecular weight excluding hydrogens is 644 g/mol. The molecule has 2 heterocycles. The maximum atomic E-state index is 11.9. The first-order chi connectivity index (χ1) is 14.0. The maximum absolute atomic E-state index is 11.9. The van der Waals surface area contributed by atoms with Crippen LogP contribution in [0, 0.1) is 0 Å². The molecule has 0 atom stereocenters. The molecule has 9 nitrogen and oxygen atoms in total. The van der Waals surface area contributed by atoms with E-state index >= 15 is 0 Å². The molecule has 0 saturated heterocycles. The van der Waals surface area contributed by atoms with Gasteiger partial charge in [-0.05, 0) is 12.8 Å². The van der Waals surface area contributed by atoms with Gasteiger partial charge in [-0.15, -0.1) is 10.2 Å². The number of aryl methyl sites for hydroxylation is 2. The lowest BCUT2D eigenvalue weighted by Crippen LogP contribution is -2.14. The van der Waals surface area contributed by atoms with E-state index in [2.05, 4.69) is 84.3 Å². The number of ether oxygens (including phenoxy) is 1. The van der Waals surface area contributed by atoms with Gasteiger partial charge in [-0.1, -0.05) is 74.1 Å². The highest BCUT2D eigenvalue weighted by atomic mass is 79.9. The largest absolute Gasteiger partial charge is 0.393 e. The van der Waals surface area contributed by atoms with Crippen molar-refractivity contribution in [2.75, 3.05) is 0 Å². The second-order valence-electron chi connectivity index (χ2n) is 6.00. The van der Waals surface area contributed by atoms with Gasteiger partial charge in [0.25, 0.3) is 0 Å². The highest BCUT2D eigenvalue weighted by Crippen LogP contribution is 2.15. The van der Waals surface area contributed by atoms with Crippen molar-refractivity contribution in [3.05, 3.63) is 22.8 Å². The van der Waals surface area contributed by atoms with E-state index in [0.717, 1.165) is 22.8 Å². The van der Waals surface area contributed by atoms with Gasteiger partial charge in [-0.25, -0.2) is 9.36 Å². The number of rotatable bonds is 12. The topological polar surface area (TPSA) is 105 Å². The molecule has 2 aromatic rings. The van der Waals surface area contributed by atoms with Gasteiger partial charge in [0.05, 0.1) is 22.8 Å². The summed E-state index contributed by atoms with van der Waals surface area (Å²) in [6, 6.07) is 0. The molecule has 0 aliphatic rings. The number of carbonyl (C=O) groups excluding carboxylic acids is 2. The summed E-state index contributed by atoms with van der Waals surface area (Å²) in [5.74, 6) is -1.06. The molecule has 0 saturated carbocycles. The first-order valence-electron chi connectivity index (χ1n) is 8.83. The van der Waals surface area contributed by atoms with Gasteiger partial charge in [0.1, 0.15) is 0 Å². The number of nitrogens with zero attached hydrogens (tertiary/aromatic N) is 6. The highest BCUT2D eigenvalue weighted by Gasteiger charge is 2.15. The van der Waals surface area contributed by atoms with Gasteiger partial charge < -0.3 is 4.74 Å². The van der Waals surface area contributed by atoms with Gasteiger partial charge in [-0.3, -0.25) is 9.59 Å². The van der Waals surface area contributed by atoms with Crippen molar-refractivity contribution >= 4 is 75.7 Å². The number of hydrogen-bond acceptors (Lipinski definition) is 7. The molecule has 29 heavy (non-hydrogen) atoms. The van der Waals surface area contributed by atoms with Crippen molar-refractivity contribution in [1.82, 2.24) is 30.0 Å². The van der Waals surface area contributed by atoms with Crippen molar-refractivity contribution in [2.45, 2.75) is 60.1 Å². The Morgan fingerprint density at radius 3 is 1.48 bits per heavy atom. The van der Waals surface area contributed by atoms with Crippen LogP contribution < -0.4 is 0 Å². The number of aromatic nitrogens is 6. The SMILES string of the molecule is O=C(CCCn1nnc(CBr)c1CBr)OC(=O)CCCn1nnc(CBr)c1CBr. The zero-order valence-corrected chi connectivity index (χ0v) is 21.8. The fraction of sp³-hybridized carbons (Fsp3) is 0.625. The Labute approximate surface area is 201 Å². The minimum atomic E-state index is -0.528. The van der Waals surface area contributed by atoms with Gasteiger partial charge in [0, 0.05) is 47.3 Å². The van der Waals surface area contributed by atoms with Gasteiger partial charge in [0.2, 0.25) is 0 Å². The quantitative estimate of drug-likeness (QED) is 0.193. The normalized spacial score (nSPS) is 11.0. The van der Waals surface area contributed by atoms with E-state index in [9.17, 15) is 9.59 Å². The molecule has 2 rings (SSSR count). The van der Waals surface area contributed by atoms with Gasteiger partial charge >= 0.3 is 11.9 Å². The van der Waals surface area contributed by atoms with E-state index in [1.807, 2.05) is 0 Å². The third-order valence-corrected chi connectivity index (χ3v) is 6.20. The van der Waals surface area contributed by atoms with Crippen LogP contribution in [0.2, 0.25) is 0 Å². The number of esters is 2. The molecule has 160 valence electrons. The number of halogens is 4. The second kappa shape index (κ2) is 12.9. The predicted molar refractivity (Wildman–Crippen MR) is 120 cm³/mol. The second-order valence-corrected chi connectivity index (χ2v) is 8.24. The average molecular weight is 664 g/mol. The standard InChI is InChI=1S/C16H20Br4N6O3/c17-7-11-13(9-19)25(23-21-11)5-1-3-15(27)29-16(28)4-2-6-26-14(10-20)12(8-18)22-24-26/h1-10H2. The number of hydrogen-bond donors (Lipinski definition) is 0. The summed E-state index contributed by atoms with van der Waals surface area (Å²) in [4.78, 5) is 23.8. The summed E-state index contributed by atoms with van der Waals surface area (Å²) >= 11 is 13.6. The molecule has 2 aromatic heterocycles. The lowest BCUT2D eigenvalue weighted by molar-refractivity contribution is -0.159. The predicted octanol–water partition coefficient (Wildman–Crippen LogP) is 3.78. The van der Waals surface area contributed by atoms with Crippen LogP contribution in [0.5, 0.6) is 0 Å². The van der Waals surface area contributed by atoms with Crippen LogP contribution in [0.3, 0.4) is 0 Å². The third-order valence-electron chi connectivity index (χ3n) is 4.07. The molecular formula is C16H20Br4N6O3. The zero-order chi connectivity index (χ0) is 21.2. The molecule has 0 N–H and O–H groups in total. The van der Waals surface area contributed by atoms with Crippen LogP contribution in [0.1, 0.15) is 48.5 Å². The van der Waals surface area contributed by atoms with E-state index in [4.69, 9.17) is 4.74 Å². The Morgan fingerprint density at radius 2 is 1.14 bits per heavy atom. The van der Waals surface area contributed by atoms with Crippen molar-refractivity contribution in [1.29, 1.82) is 0 Å². The van der Waals surface area contributed by atoms with Crippen LogP contribution >= 0.6 is 63.7 Å².